The molecule has 0 saturated carbocycles. The molecule has 7 heteroatoms. The van der Waals surface area contributed by atoms with Crippen LogP contribution in [0.2, 0.25) is 0 Å². The van der Waals surface area contributed by atoms with E-state index in [0.29, 0.717) is 22.6 Å². The highest BCUT2D eigenvalue weighted by Crippen LogP contribution is 2.26. The van der Waals surface area contributed by atoms with Crippen molar-refractivity contribution in [3.05, 3.63) is 89.5 Å². The number of benzene rings is 3. The molecule has 6 nitrogen and oxygen atoms in total. The summed E-state index contributed by atoms with van der Waals surface area (Å²) in [5.74, 6) is 0.387. The standard InChI is InChI=1S/C23H24N2O4S/c1-16-19(23(26)24-17(2)20-12-7-8-15-22(20)29-3)13-9-14-21(16)25-30(27,28)18-10-5-4-6-11-18/h4-15,17,25H,1-3H3,(H,24,26)/t17-/m0/s1. The summed E-state index contributed by atoms with van der Waals surface area (Å²) < 4.78 is 33.2. The lowest BCUT2D eigenvalue weighted by Gasteiger charge is -2.19. The van der Waals surface area contributed by atoms with Crippen LogP contribution in [0.1, 0.15) is 34.5 Å². The largest absolute Gasteiger partial charge is 0.496 e. The number of hydrogen-bond donors (Lipinski definition) is 2. The fourth-order valence-electron chi connectivity index (χ4n) is 3.17. The van der Waals surface area contributed by atoms with Gasteiger partial charge in [-0.05, 0) is 49.7 Å². The average Bonchev–Trinajstić information content (AvgIpc) is 2.75. The van der Waals surface area contributed by atoms with Gasteiger partial charge in [0.15, 0.2) is 0 Å². The second kappa shape index (κ2) is 9.00. The van der Waals surface area contributed by atoms with E-state index in [1.807, 2.05) is 31.2 Å². The van der Waals surface area contributed by atoms with Crippen LogP contribution in [-0.2, 0) is 10.0 Å². The molecule has 3 aromatic carbocycles. The molecular weight excluding hydrogens is 400 g/mol. The zero-order valence-electron chi connectivity index (χ0n) is 17.0. The molecule has 3 rings (SSSR count). The average molecular weight is 425 g/mol. The molecule has 0 radical (unpaired) electrons. The maximum Gasteiger partial charge on any atom is 0.261 e. The Bertz CT molecular complexity index is 1140. The van der Waals surface area contributed by atoms with E-state index in [-0.39, 0.29) is 16.8 Å². The smallest absolute Gasteiger partial charge is 0.261 e. The highest BCUT2D eigenvalue weighted by molar-refractivity contribution is 7.92. The van der Waals surface area contributed by atoms with E-state index in [2.05, 4.69) is 10.0 Å². The van der Waals surface area contributed by atoms with Gasteiger partial charge >= 0.3 is 0 Å². The first kappa shape index (κ1) is 21.4. The van der Waals surface area contributed by atoms with Gasteiger partial charge in [-0.25, -0.2) is 8.42 Å². The van der Waals surface area contributed by atoms with Crippen molar-refractivity contribution in [2.45, 2.75) is 24.8 Å². The predicted molar refractivity (Wildman–Crippen MR) is 117 cm³/mol. The van der Waals surface area contributed by atoms with E-state index >= 15 is 0 Å². The van der Waals surface area contributed by atoms with E-state index in [1.165, 1.54) is 12.1 Å². The Hall–Kier alpha value is -3.32. The van der Waals surface area contributed by atoms with Crippen LogP contribution >= 0.6 is 0 Å². The molecular formula is C23H24N2O4S. The van der Waals surface area contributed by atoms with E-state index in [1.54, 1.807) is 50.4 Å². The van der Waals surface area contributed by atoms with Crippen molar-refractivity contribution in [1.82, 2.24) is 5.32 Å². The number of hydrogen-bond acceptors (Lipinski definition) is 4. The Kier molecular flexibility index (Phi) is 6.42. The minimum absolute atomic E-state index is 0.157. The SMILES string of the molecule is COc1ccccc1[C@H](C)NC(=O)c1cccc(NS(=O)(=O)c2ccccc2)c1C. The van der Waals surface area contributed by atoms with Crippen molar-refractivity contribution in [2.24, 2.45) is 0 Å². The number of rotatable bonds is 7. The minimum atomic E-state index is -3.75. The van der Waals surface area contributed by atoms with Gasteiger partial charge in [-0.15, -0.1) is 0 Å². The number of amides is 1. The molecule has 0 aliphatic heterocycles. The molecule has 2 N–H and O–H groups in total. The molecule has 0 bridgehead atoms. The van der Waals surface area contributed by atoms with Crippen LogP contribution in [0.4, 0.5) is 5.69 Å². The van der Waals surface area contributed by atoms with Crippen LogP contribution in [0, 0.1) is 6.92 Å². The number of carbonyl (C=O) groups excluding carboxylic acids is 1. The maximum atomic E-state index is 12.9. The van der Waals surface area contributed by atoms with Gasteiger partial charge in [0.25, 0.3) is 15.9 Å². The quantitative estimate of drug-likeness (QED) is 0.592. The summed E-state index contributed by atoms with van der Waals surface area (Å²) in [7, 11) is -2.17. The van der Waals surface area contributed by atoms with Crippen molar-refractivity contribution < 1.29 is 17.9 Å². The van der Waals surface area contributed by atoms with Crippen LogP contribution in [0.25, 0.3) is 0 Å². The zero-order chi connectivity index (χ0) is 21.7. The van der Waals surface area contributed by atoms with Crippen molar-refractivity contribution in [3.8, 4) is 5.75 Å². The van der Waals surface area contributed by atoms with Crippen molar-refractivity contribution in [3.63, 3.8) is 0 Å². The third-order valence-electron chi connectivity index (χ3n) is 4.83. The first-order valence-electron chi connectivity index (χ1n) is 9.44. The third-order valence-corrected chi connectivity index (χ3v) is 6.21. The Balaban J connectivity index is 1.83. The van der Waals surface area contributed by atoms with Crippen LogP contribution in [0.3, 0.4) is 0 Å². The van der Waals surface area contributed by atoms with E-state index in [0.717, 1.165) is 5.56 Å². The molecule has 1 atom stereocenters. The monoisotopic (exact) mass is 424 g/mol. The second-order valence-electron chi connectivity index (χ2n) is 6.83. The number of nitrogens with one attached hydrogen (secondary N) is 2. The lowest BCUT2D eigenvalue weighted by molar-refractivity contribution is 0.0939. The highest BCUT2D eigenvalue weighted by Gasteiger charge is 2.20. The van der Waals surface area contributed by atoms with Gasteiger partial charge in [-0.3, -0.25) is 9.52 Å². The van der Waals surface area contributed by atoms with Crippen LogP contribution in [0.5, 0.6) is 5.75 Å². The minimum Gasteiger partial charge on any atom is -0.496 e. The van der Waals surface area contributed by atoms with E-state index in [9.17, 15) is 13.2 Å². The number of carbonyl (C=O) groups is 1. The fraction of sp³-hybridized carbons (Fsp3) is 0.174. The van der Waals surface area contributed by atoms with Gasteiger partial charge in [-0.2, -0.15) is 0 Å². The second-order valence-corrected chi connectivity index (χ2v) is 8.52. The molecule has 0 aliphatic carbocycles. The van der Waals surface area contributed by atoms with Gasteiger partial charge in [0.1, 0.15) is 5.75 Å². The van der Waals surface area contributed by atoms with Gasteiger partial charge in [0.05, 0.1) is 23.7 Å². The Morgan fingerprint density at radius 3 is 2.30 bits per heavy atom. The Morgan fingerprint density at radius 1 is 0.933 bits per heavy atom. The highest BCUT2D eigenvalue weighted by atomic mass is 32.2. The number of ether oxygens (including phenoxy) is 1. The summed E-state index contributed by atoms with van der Waals surface area (Å²) in [6.45, 7) is 3.58. The van der Waals surface area contributed by atoms with Crippen molar-refractivity contribution in [2.75, 3.05) is 11.8 Å². The Labute approximate surface area is 177 Å². The summed E-state index contributed by atoms with van der Waals surface area (Å²) in [5, 5.41) is 2.95. The van der Waals surface area contributed by atoms with Gasteiger partial charge in [0.2, 0.25) is 0 Å². The summed E-state index contributed by atoms with van der Waals surface area (Å²) in [5.41, 5.74) is 2.15. The summed E-state index contributed by atoms with van der Waals surface area (Å²) in [6, 6.07) is 20.2. The topological polar surface area (TPSA) is 84.5 Å². The molecule has 0 aromatic heterocycles. The van der Waals surface area contributed by atoms with Crippen LogP contribution in [-0.4, -0.2) is 21.4 Å². The van der Waals surface area contributed by atoms with Crippen LogP contribution in [0.15, 0.2) is 77.7 Å². The maximum absolute atomic E-state index is 12.9. The van der Waals surface area contributed by atoms with Gasteiger partial charge in [-0.1, -0.05) is 42.5 Å². The molecule has 30 heavy (non-hydrogen) atoms. The molecule has 0 heterocycles. The summed E-state index contributed by atoms with van der Waals surface area (Å²) >= 11 is 0. The third kappa shape index (κ3) is 4.63. The van der Waals surface area contributed by atoms with Crippen LogP contribution < -0.4 is 14.8 Å². The molecule has 3 aromatic rings. The normalized spacial score (nSPS) is 12.1. The summed E-state index contributed by atoms with van der Waals surface area (Å²) in [4.78, 5) is 13.1. The molecule has 0 fully saturated rings. The number of sulfonamides is 1. The number of anilines is 1. The van der Waals surface area contributed by atoms with Crippen molar-refractivity contribution in [1.29, 1.82) is 0 Å². The number of methoxy groups -OCH3 is 1. The lowest BCUT2D eigenvalue weighted by atomic mass is 10.0. The van der Waals surface area contributed by atoms with Gasteiger partial charge in [0, 0.05) is 11.1 Å². The van der Waals surface area contributed by atoms with Crippen molar-refractivity contribution >= 4 is 21.6 Å². The first-order valence-corrected chi connectivity index (χ1v) is 10.9. The van der Waals surface area contributed by atoms with E-state index in [4.69, 9.17) is 4.74 Å². The molecule has 1 amide bonds. The fourth-order valence-corrected chi connectivity index (χ4v) is 4.32. The van der Waals surface area contributed by atoms with Gasteiger partial charge < -0.3 is 10.1 Å². The zero-order valence-corrected chi connectivity index (χ0v) is 17.9. The predicted octanol–water partition coefficient (Wildman–Crippen LogP) is 4.30. The van der Waals surface area contributed by atoms with E-state index < -0.39 is 10.0 Å². The summed E-state index contributed by atoms with van der Waals surface area (Å²) in [6.07, 6.45) is 0. The first-order chi connectivity index (χ1) is 14.3. The molecule has 0 aliphatic rings. The molecule has 0 unspecified atom stereocenters. The molecule has 0 spiro atoms. The lowest BCUT2D eigenvalue weighted by Crippen LogP contribution is -2.28. The molecule has 156 valence electrons. The number of para-hydroxylation sites is 1. The molecule has 0 saturated heterocycles. The Morgan fingerprint density at radius 2 is 1.60 bits per heavy atom.